The third kappa shape index (κ3) is 5.35. The van der Waals surface area contributed by atoms with Crippen LogP contribution in [-0.4, -0.2) is 24.8 Å². The number of carbonyl (C=O) groups excluding carboxylic acids is 1. The molecule has 0 saturated carbocycles. The summed E-state index contributed by atoms with van der Waals surface area (Å²) in [6.07, 6.45) is 0. The molecule has 0 bridgehead atoms. The fraction of sp³-hybridized carbons (Fsp3) is 0.278. The van der Waals surface area contributed by atoms with Gasteiger partial charge < -0.3 is 5.32 Å². The van der Waals surface area contributed by atoms with E-state index in [0.29, 0.717) is 11.3 Å². The average Bonchev–Trinajstić information content (AvgIpc) is 2.53. The highest BCUT2D eigenvalue weighted by atomic mass is 32.2. The van der Waals surface area contributed by atoms with E-state index in [1.54, 1.807) is 33.8 Å². The van der Waals surface area contributed by atoms with Gasteiger partial charge in [-0.15, -0.1) is 0 Å². The molecular formula is C18H21N3O5S. The summed E-state index contributed by atoms with van der Waals surface area (Å²) in [7, 11) is -3.78. The van der Waals surface area contributed by atoms with Crippen LogP contribution < -0.4 is 10.0 Å². The zero-order chi connectivity index (χ0) is 20.4. The average molecular weight is 391 g/mol. The number of hydrogen-bond acceptors (Lipinski definition) is 5. The van der Waals surface area contributed by atoms with Crippen LogP contribution in [0.15, 0.2) is 47.4 Å². The van der Waals surface area contributed by atoms with Crippen LogP contribution in [0.25, 0.3) is 0 Å². The van der Waals surface area contributed by atoms with Gasteiger partial charge in [-0.1, -0.05) is 6.07 Å². The number of amides is 1. The molecule has 2 N–H and O–H groups in total. The van der Waals surface area contributed by atoms with Crippen molar-refractivity contribution in [1.29, 1.82) is 0 Å². The number of carbonyl (C=O) groups is 1. The Morgan fingerprint density at radius 2 is 1.67 bits per heavy atom. The second-order valence-electron chi connectivity index (χ2n) is 7.09. The molecule has 0 saturated heterocycles. The number of nitrogens with one attached hydrogen (secondary N) is 2. The van der Waals surface area contributed by atoms with Gasteiger partial charge >= 0.3 is 0 Å². The first kappa shape index (κ1) is 20.5. The van der Waals surface area contributed by atoms with Gasteiger partial charge in [0.15, 0.2) is 0 Å². The van der Waals surface area contributed by atoms with Crippen LogP contribution in [0.2, 0.25) is 0 Å². The van der Waals surface area contributed by atoms with Gasteiger partial charge in [-0.25, -0.2) is 13.1 Å². The maximum atomic E-state index is 12.6. The summed E-state index contributed by atoms with van der Waals surface area (Å²) in [5.74, 6) is -0.505. The van der Waals surface area contributed by atoms with Crippen LogP contribution >= 0.6 is 0 Å². The molecule has 2 aromatic rings. The van der Waals surface area contributed by atoms with Crippen molar-refractivity contribution in [3.63, 3.8) is 0 Å². The second-order valence-corrected chi connectivity index (χ2v) is 8.77. The van der Waals surface area contributed by atoms with E-state index in [1.807, 2.05) is 0 Å². The number of aryl methyl sites for hydroxylation is 1. The maximum absolute atomic E-state index is 12.6. The Morgan fingerprint density at radius 3 is 2.19 bits per heavy atom. The number of non-ortho nitro benzene ring substituents is 1. The molecule has 0 fully saturated rings. The number of nitro benzene ring substituents is 1. The van der Waals surface area contributed by atoms with Crippen LogP contribution in [-0.2, 0) is 10.0 Å². The van der Waals surface area contributed by atoms with Crippen molar-refractivity contribution < 1.29 is 18.1 Å². The largest absolute Gasteiger partial charge is 0.322 e. The fourth-order valence-electron chi connectivity index (χ4n) is 2.34. The second kappa shape index (κ2) is 7.45. The first-order chi connectivity index (χ1) is 12.4. The Morgan fingerprint density at radius 1 is 1.07 bits per heavy atom. The minimum Gasteiger partial charge on any atom is -0.322 e. The summed E-state index contributed by atoms with van der Waals surface area (Å²) in [5.41, 5.74) is 0.413. The van der Waals surface area contributed by atoms with Crippen LogP contribution in [0.5, 0.6) is 0 Å². The summed E-state index contributed by atoms with van der Waals surface area (Å²) in [5, 5.41) is 13.3. The van der Waals surface area contributed by atoms with Crippen molar-refractivity contribution in [3.8, 4) is 0 Å². The van der Waals surface area contributed by atoms with Crippen molar-refractivity contribution in [2.45, 2.75) is 38.1 Å². The van der Waals surface area contributed by atoms with E-state index in [1.165, 1.54) is 36.4 Å². The Hall–Kier alpha value is -2.78. The van der Waals surface area contributed by atoms with Gasteiger partial charge in [0, 0.05) is 28.9 Å². The van der Waals surface area contributed by atoms with Crippen LogP contribution in [0.1, 0.15) is 36.7 Å². The lowest BCUT2D eigenvalue weighted by molar-refractivity contribution is -0.384. The molecule has 2 rings (SSSR count). The topological polar surface area (TPSA) is 118 Å². The lowest BCUT2D eigenvalue weighted by atomic mass is 10.1. The molecule has 0 unspecified atom stereocenters. The Kier molecular flexibility index (Phi) is 5.67. The fourth-order valence-corrected chi connectivity index (χ4v) is 3.78. The maximum Gasteiger partial charge on any atom is 0.269 e. The highest BCUT2D eigenvalue weighted by Gasteiger charge is 2.23. The molecule has 0 spiro atoms. The minimum absolute atomic E-state index is 0.0168. The van der Waals surface area contributed by atoms with Gasteiger partial charge in [-0.2, -0.15) is 0 Å². The van der Waals surface area contributed by atoms with Crippen molar-refractivity contribution in [1.82, 2.24) is 4.72 Å². The quantitative estimate of drug-likeness (QED) is 0.599. The van der Waals surface area contributed by atoms with Crippen molar-refractivity contribution in [3.05, 3.63) is 63.7 Å². The van der Waals surface area contributed by atoms with Gasteiger partial charge in [0.05, 0.1) is 9.82 Å². The molecule has 8 nitrogen and oxygen atoms in total. The molecule has 0 heterocycles. The summed E-state index contributed by atoms with van der Waals surface area (Å²) in [6, 6.07) is 9.67. The van der Waals surface area contributed by atoms with Crippen molar-refractivity contribution >= 4 is 27.3 Å². The molecule has 144 valence electrons. The molecule has 27 heavy (non-hydrogen) atoms. The number of hydrogen-bond donors (Lipinski definition) is 2. The summed E-state index contributed by atoms with van der Waals surface area (Å²) < 4.78 is 27.5. The predicted molar refractivity (Wildman–Crippen MR) is 102 cm³/mol. The number of nitro groups is 1. The van der Waals surface area contributed by atoms with Crippen molar-refractivity contribution in [2.75, 3.05) is 5.32 Å². The highest BCUT2D eigenvalue weighted by Crippen LogP contribution is 2.20. The molecule has 9 heteroatoms. The third-order valence-corrected chi connectivity index (χ3v) is 5.30. The zero-order valence-corrected chi connectivity index (χ0v) is 16.3. The molecular weight excluding hydrogens is 370 g/mol. The van der Waals surface area contributed by atoms with Crippen LogP contribution in [0, 0.1) is 17.0 Å². The molecule has 0 aliphatic carbocycles. The Bertz CT molecular complexity index is 977. The van der Waals surface area contributed by atoms with E-state index in [0.717, 1.165) is 0 Å². The van der Waals surface area contributed by atoms with Gasteiger partial charge in [0.1, 0.15) is 0 Å². The molecule has 0 aliphatic rings. The zero-order valence-electron chi connectivity index (χ0n) is 15.4. The molecule has 0 aromatic heterocycles. The number of rotatable bonds is 5. The van der Waals surface area contributed by atoms with Gasteiger partial charge in [0.2, 0.25) is 10.0 Å². The smallest absolute Gasteiger partial charge is 0.269 e. The molecule has 1 amide bonds. The minimum atomic E-state index is -3.78. The molecule has 0 aliphatic heterocycles. The van der Waals surface area contributed by atoms with E-state index in [9.17, 15) is 23.3 Å². The number of sulfonamides is 1. The van der Waals surface area contributed by atoms with Crippen molar-refractivity contribution in [2.24, 2.45) is 0 Å². The van der Waals surface area contributed by atoms with E-state index >= 15 is 0 Å². The van der Waals surface area contributed by atoms with E-state index in [4.69, 9.17) is 0 Å². The van der Waals surface area contributed by atoms with Gasteiger partial charge in [-0.3, -0.25) is 14.9 Å². The molecule has 2 aromatic carbocycles. The Balaban J connectivity index is 2.30. The first-order valence-electron chi connectivity index (χ1n) is 8.09. The van der Waals surface area contributed by atoms with Crippen LogP contribution in [0.3, 0.4) is 0 Å². The highest BCUT2D eigenvalue weighted by molar-refractivity contribution is 7.89. The van der Waals surface area contributed by atoms with Gasteiger partial charge in [-0.05, 0) is 57.5 Å². The normalized spacial score (nSPS) is 11.9. The summed E-state index contributed by atoms with van der Waals surface area (Å²) in [6.45, 7) is 6.86. The van der Waals surface area contributed by atoms with Crippen LogP contribution in [0.4, 0.5) is 11.4 Å². The lowest BCUT2D eigenvalue weighted by Crippen LogP contribution is -2.40. The number of benzene rings is 2. The predicted octanol–water partition coefficient (Wildman–Crippen LogP) is 3.23. The molecule has 0 radical (unpaired) electrons. The summed E-state index contributed by atoms with van der Waals surface area (Å²) in [4.78, 5) is 22.7. The monoisotopic (exact) mass is 391 g/mol. The van der Waals surface area contributed by atoms with Gasteiger partial charge in [0.25, 0.3) is 11.6 Å². The third-order valence-electron chi connectivity index (χ3n) is 3.54. The van der Waals surface area contributed by atoms with E-state index in [-0.39, 0.29) is 16.1 Å². The summed E-state index contributed by atoms with van der Waals surface area (Å²) >= 11 is 0. The number of nitrogens with zero attached hydrogens (tertiary/aromatic N) is 1. The van der Waals surface area contributed by atoms with E-state index < -0.39 is 26.4 Å². The van der Waals surface area contributed by atoms with E-state index in [2.05, 4.69) is 10.0 Å². The standard InChI is InChI=1S/C18H21N3O5S/c1-12-5-10-15(27(25,26)20-18(2,3)4)11-16(12)17(22)19-13-6-8-14(9-7-13)21(23)24/h5-11,20H,1-4H3,(H,19,22). The lowest BCUT2D eigenvalue weighted by Gasteiger charge is -2.20. The first-order valence-corrected chi connectivity index (χ1v) is 9.58. The molecule has 0 atom stereocenters. The Labute approximate surface area is 157 Å². The number of anilines is 1. The SMILES string of the molecule is Cc1ccc(S(=O)(=O)NC(C)(C)C)cc1C(=O)Nc1ccc([N+](=O)[O-])cc1.